The zero-order valence-electron chi connectivity index (χ0n) is 26.7. The van der Waals surface area contributed by atoms with Crippen LogP contribution < -0.4 is 39.9 Å². The summed E-state index contributed by atoms with van der Waals surface area (Å²) in [7, 11) is 1.54. The molecule has 0 radical (unpaired) electrons. The van der Waals surface area contributed by atoms with Crippen molar-refractivity contribution in [2.75, 3.05) is 26.0 Å². The number of nitrogens with one attached hydrogen (secondary N) is 2. The number of benzene rings is 4. The quantitative estimate of drug-likeness (QED) is 0.139. The van der Waals surface area contributed by atoms with Crippen molar-refractivity contribution in [3.8, 4) is 28.7 Å². The molecule has 7 rings (SSSR count). The van der Waals surface area contributed by atoms with E-state index in [1.54, 1.807) is 60.2 Å². The van der Waals surface area contributed by atoms with Gasteiger partial charge in [0.1, 0.15) is 5.75 Å². The normalized spacial score (nSPS) is 13.3. The van der Waals surface area contributed by atoms with E-state index in [1.807, 2.05) is 37.3 Å². The highest BCUT2D eigenvalue weighted by molar-refractivity contribution is 8.00. The second kappa shape index (κ2) is 13.8. The maximum absolute atomic E-state index is 14.0. The molecule has 0 spiro atoms. The van der Waals surface area contributed by atoms with Crippen LogP contribution in [0.15, 0.2) is 88.8 Å². The van der Waals surface area contributed by atoms with E-state index in [0.29, 0.717) is 69.0 Å². The fraction of sp³-hybridized carbons (Fsp3) is 0.222. The Morgan fingerprint density at radius 1 is 0.898 bits per heavy atom. The van der Waals surface area contributed by atoms with E-state index in [-0.39, 0.29) is 37.5 Å². The molecule has 2 aliphatic rings. The average Bonchev–Trinajstić information content (AvgIpc) is 3.80. The van der Waals surface area contributed by atoms with Crippen molar-refractivity contribution in [3.63, 3.8) is 0 Å². The lowest BCUT2D eigenvalue weighted by atomic mass is 10.1. The first-order chi connectivity index (χ1) is 23.9. The molecule has 1 aromatic heterocycles. The minimum atomic E-state index is -0.578. The summed E-state index contributed by atoms with van der Waals surface area (Å²) < 4.78 is 28.8. The van der Waals surface area contributed by atoms with Crippen molar-refractivity contribution in [2.45, 2.75) is 36.8 Å². The fourth-order valence-electron chi connectivity index (χ4n) is 5.51. The van der Waals surface area contributed by atoms with Gasteiger partial charge in [-0.1, -0.05) is 49.0 Å². The third-order valence-electron chi connectivity index (χ3n) is 8.14. The largest absolute Gasteiger partial charge is 0.495 e. The van der Waals surface area contributed by atoms with E-state index in [2.05, 4.69) is 10.6 Å². The summed E-state index contributed by atoms with van der Waals surface area (Å²) >= 11 is 1.20. The average molecular weight is 681 g/mol. The predicted molar refractivity (Wildman–Crippen MR) is 183 cm³/mol. The summed E-state index contributed by atoms with van der Waals surface area (Å²) in [6, 6.07) is 23.0. The first-order valence-corrected chi connectivity index (χ1v) is 16.5. The Labute approximate surface area is 285 Å². The number of ether oxygens (including phenoxy) is 5. The van der Waals surface area contributed by atoms with Crippen molar-refractivity contribution >= 4 is 40.2 Å². The van der Waals surface area contributed by atoms with Crippen molar-refractivity contribution in [1.82, 2.24) is 14.9 Å². The molecule has 5 aromatic rings. The van der Waals surface area contributed by atoms with Crippen molar-refractivity contribution in [1.29, 1.82) is 0 Å². The number of carbonyl (C=O) groups excluding carboxylic acids is 2. The number of rotatable bonds is 11. The molecule has 4 aromatic carbocycles. The van der Waals surface area contributed by atoms with Gasteiger partial charge in [-0.25, -0.2) is 4.98 Å². The van der Waals surface area contributed by atoms with E-state index in [0.717, 1.165) is 11.1 Å². The van der Waals surface area contributed by atoms with Gasteiger partial charge in [0.15, 0.2) is 28.2 Å². The van der Waals surface area contributed by atoms with Crippen LogP contribution in [0, 0.1) is 0 Å². The molecule has 0 unspecified atom stereocenters. The fourth-order valence-corrected chi connectivity index (χ4v) is 6.52. The van der Waals surface area contributed by atoms with Crippen LogP contribution in [0.4, 0.5) is 5.69 Å². The number of hydrogen-bond donors (Lipinski definition) is 2. The lowest BCUT2D eigenvalue weighted by Gasteiger charge is -2.19. The summed E-state index contributed by atoms with van der Waals surface area (Å²) in [6.07, 6.45) is 0.469. The summed E-state index contributed by atoms with van der Waals surface area (Å²) in [4.78, 5) is 45.3. The summed E-state index contributed by atoms with van der Waals surface area (Å²) in [5, 5.41) is 6.02. The Morgan fingerprint density at radius 2 is 1.59 bits per heavy atom. The molecule has 250 valence electrons. The number of thioether (sulfide) groups is 1. The van der Waals surface area contributed by atoms with Gasteiger partial charge >= 0.3 is 0 Å². The molecule has 2 amide bonds. The minimum Gasteiger partial charge on any atom is -0.495 e. The van der Waals surface area contributed by atoms with Crippen LogP contribution in [0.2, 0.25) is 0 Å². The first kappa shape index (κ1) is 31.9. The standard InChI is InChI=1S/C36H32N4O8S/c1-3-32(34(42)38-25-6-4-5-7-27(25)44-2)49-36-39-26-16-31-30(47-20-48-31)15-24(26)35(43)40(36)18-21-8-11-23(12-9-21)33(41)37-17-22-10-13-28-29(14-22)46-19-45-28/h4-16,32H,3,17-20H2,1-2H3,(H,37,41)(H,38,42)/t32-/m0/s1. The molecule has 0 bridgehead atoms. The molecule has 0 fully saturated rings. The van der Waals surface area contributed by atoms with E-state index in [9.17, 15) is 14.4 Å². The molecule has 0 saturated heterocycles. The van der Waals surface area contributed by atoms with E-state index < -0.39 is 5.25 Å². The van der Waals surface area contributed by atoms with Gasteiger partial charge in [0.25, 0.3) is 11.5 Å². The minimum absolute atomic E-state index is 0.0547. The molecule has 2 N–H and O–H groups in total. The Kier molecular flexibility index (Phi) is 8.99. The number of fused-ring (bicyclic) bond motifs is 3. The Hall–Kier alpha value is -5.69. The Bertz CT molecular complexity index is 2120. The lowest BCUT2D eigenvalue weighted by molar-refractivity contribution is -0.115. The van der Waals surface area contributed by atoms with Crippen LogP contribution in [0.3, 0.4) is 0 Å². The summed E-state index contributed by atoms with van der Waals surface area (Å²) in [6.45, 7) is 2.61. The zero-order chi connectivity index (χ0) is 33.9. The second-order valence-electron chi connectivity index (χ2n) is 11.3. The number of methoxy groups -OCH3 is 1. The molecular weight excluding hydrogens is 648 g/mol. The number of carbonyl (C=O) groups is 2. The SMILES string of the molecule is CC[C@H](Sc1nc2cc3c(cc2c(=O)n1Cc1ccc(C(=O)NCc2ccc4c(c2)OCO4)cc1)OCO3)C(=O)Nc1ccccc1OC. The Balaban J connectivity index is 1.13. The predicted octanol–water partition coefficient (Wildman–Crippen LogP) is 5.35. The molecule has 1 atom stereocenters. The third kappa shape index (κ3) is 6.70. The van der Waals surface area contributed by atoms with Gasteiger partial charge in [-0.2, -0.15) is 0 Å². The second-order valence-corrected chi connectivity index (χ2v) is 12.4. The van der Waals surface area contributed by atoms with Gasteiger partial charge in [-0.3, -0.25) is 19.0 Å². The van der Waals surface area contributed by atoms with E-state index in [1.165, 1.54) is 11.8 Å². The smallest absolute Gasteiger partial charge is 0.262 e. The topological polar surface area (TPSA) is 139 Å². The van der Waals surface area contributed by atoms with Crippen molar-refractivity contribution in [2.24, 2.45) is 0 Å². The van der Waals surface area contributed by atoms with Crippen LogP contribution in [0.5, 0.6) is 28.7 Å². The molecule has 13 heteroatoms. The molecular formula is C36H32N4O8S. The van der Waals surface area contributed by atoms with Gasteiger partial charge in [0.05, 0.1) is 35.5 Å². The molecule has 0 aliphatic carbocycles. The van der Waals surface area contributed by atoms with Crippen LogP contribution in [-0.2, 0) is 17.9 Å². The number of para-hydroxylation sites is 2. The van der Waals surface area contributed by atoms with Crippen LogP contribution in [0.1, 0.15) is 34.8 Å². The highest BCUT2D eigenvalue weighted by Gasteiger charge is 2.25. The van der Waals surface area contributed by atoms with Gasteiger partial charge in [-0.15, -0.1) is 0 Å². The number of anilines is 1. The number of amides is 2. The van der Waals surface area contributed by atoms with Crippen LogP contribution in [0.25, 0.3) is 10.9 Å². The van der Waals surface area contributed by atoms with Crippen LogP contribution in [-0.4, -0.2) is 47.3 Å². The molecule has 0 saturated carbocycles. The highest BCUT2D eigenvalue weighted by Crippen LogP contribution is 2.36. The summed E-state index contributed by atoms with van der Waals surface area (Å²) in [5.41, 5.74) is 2.80. The zero-order valence-corrected chi connectivity index (χ0v) is 27.5. The van der Waals surface area contributed by atoms with Crippen LogP contribution >= 0.6 is 11.8 Å². The molecule has 3 heterocycles. The summed E-state index contributed by atoms with van der Waals surface area (Å²) in [5.74, 6) is 2.35. The highest BCUT2D eigenvalue weighted by atomic mass is 32.2. The maximum Gasteiger partial charge on any atom is 0.262 e. The molecule has 49 heavy (non-hydrogen) atoms. The van der Waals surface area contributed by atoms with Gasteiger partial charge in [-0.05, 0) is 60.0 Å². The molecule has 2 aliphatic heterocycles. The Morgan fingerprint density at radius 3 is 2.35 bits per heavy atom. The van der Waals surface area contributed by atoms with Crippen molar-refractivity contribution < 1.29 is 33.3 Å². The first-order valence-electron chi connectivity index (χ1n) is 15.6. The van der Waals surface area contributed by atoms with Gasteiger partial charge in [0, 0.05) is 18.2 Å². The maximum atomic E-state index is 14.0. The number of nitrogens with zero attached hydrogens (tertiary/aromatic N) is 2. The van der Waals surface area contributed by atoms with Crippen molar-refractivity contribution in [3.05, 3.63) is 106 Å². The lowest BCUT2D eigenvalue weighted by Crippen LogP contribution is -2.28. The van der Waals surface area contributed by atoms with Gasteiger partial charge in [0.2, 0.25) is 19.5 Å². The molecule has 12 nitrogen and oxygen atoms in total. The van der Waals surface area contributed by atoms with Gasteiger partial charge < -0.3 is 34.3 Å². The van der Waals surface area contributed by atoms with E-state index in [4.69, 9.17) is 28.7 Å². The monoisotopic (exact) mass is 680 g/mol. The number of hydrogen-bond acceptors (Lipinski definition) is 10. The van der Waals surface area contributed by atoms with E-state index >= 15 is 0 Å². The third-order valence-corrected chi connectivity index (χ3v) is 9.49. The number of aromatic nitrogens is 2.